The van der Waals surface area contributed by atoms with Crippen molar-refractivity contribution in [2.45, 2.75) is 0 Å². The predicted octanol–water partition coefficient (Wildman–Crippen LogP) is 2.64. The normalized spacial score (nSPS) is 11.0. The number of rotatable bonds is 4. The van der Waals surface area contributed by atoms with Crippen molar-refractivity contribution in [2.75, 3.05) is 7.11 Å². The van der Waals surface area contributed by atoms with Gasteiger partial charge in [-0.3, -0.25) is 14.8 Å². The first-order valence-corrected chi connectivity index (χ1v) is 7.90. The minimum atomic E-state index is -0.766. The molecule has 7 nitrogen and oxygen atoms in total. The molecule has 0 fully saturated rings. The molecule has 0 unspecified atom stereocenters. The van der Waals surface area contributed by atoms with Gasteiger partial charge in [0.15, 0.2) is 0 Å². The minimum absolute atomic E-state index is 0.152. The summed E-state index contributed by atoms with van der Waals surface area (Å²) in [5, 5.41) is 10.9. The van der Waals surface area contributed by atoms with Gasteiger partial charge in [0.2, 0.25) is 5.88 Å². The standard InChI is InChI=1S/C18H14ClN3O4/c1-26-14-7-5-13(6-8-14)22-17(24)15(16(23)21-18(22)25)10-20-12-4-2-3-11(19)9-12/h2-10,24H,1H3,(H,21,23,25). The molecule has 1 aromatic heterocycles. The summed E-state index contributed by atoms with van der Waals surface area (Å²) in [5.41, 5.74) is -0.804. The van der Waals surface area contributed by atoms with Crippen LogP contribution in [0.2, 0.25) is 5.02 Å². The molecule has 0 aliphatic heterocycles. The van der Waals surface area contributed by atoms with Crippen molar-refractivity contribution in [3.63, 3.8) is 0 Å². The molecule has 0 saturated carbocycles. The van der Waals surface area contributed by atoms with Crippen molar-refractivity contribution in [1.82, 2.24) is 9.55 Å². The van der Waals surface area contributed by atoms with Crippen molar-refractivity contribution in [3.8, 4) is 17.3 Å². The molecule has 3 rings (SSSR count). The second kappa shape index (κ2) is 7.28. The number of hydrogen-bond donors (Lipinski definition) is 2. The first kappa shape index (κ1) is 17.5. The maximum atomic E-state index is 12.1. The van der Waals surface area contributed by atoms with E-state index in [9.17, 15) is 14.7 Å². The maximum absolute atomic E-state index is 12.1. The number of nitrogens with zero attached hydrogens (tertiary/aromatic N) is 2. The van der Waals surface area contributed by atoms with E-state index in [0.29, 0.717) is 22.1 Å². The lowest BCUT2D eigenvalue weighted by atomic mass is 10.2. The summed E-state index contributed by atoms with van der Waals surface area (Å²) in [6, 6.07) is 13.1. The predicted molar refractivity (Wildman–Crippen MR) is 99.6 cm³/mol. The molecule has 26 heavy (non-hydrogen) atoms. The minimum Gasteiger partial charge on any atom is -0.497 e. The van der Waals surface area contributed by atoms with Gasteiger partial charge in [-0.15, -0.1) is 0 Å². The van der Waals surface area contributed by atoms with Crippen molar-refractivity contribution >= 4 is 23.5 Å². The third kappa shape index (κ3) is 3.52. The maximum Gasteiger partial charge on any atom is 0.335 e. The molecule has 132 valence electrons. The number of aromatic hydroxyl groups is 1. The Bertz CT molecular complexity index is 1080. The molecule has 3 aromatic rings. The Labute approximate surface area is 152 Å². The Hall–Kier alpha value is -3.32. The van der Waals surface area contributed by atoms with Gasteiger partial charge in [-0.2, -0.15) is 0 Å². The van der Waals surface area contributed by atoms with E-state index < -0.39 is 17.1 Å². The zero-order valence-electron chi connectivity index (χ0n) is 13.6. The van der Waals surface area contributed by atoms with E-state index >= 15 is 0 Å². The summed E-state index contributed by atoms with van der Waals surface area (Å²) >= 11 is 5.89. The highest BCUT2D eigenvalue weighted by Crippen LogP contribution is 2.20. The van der Waals surface area contributed by atoms with Crippen molar-refractivity contribution < 1.29 is 9.84 Å². The van der Waals surface area contributed by atoms with Crippen LogP contribution in [0.25, 0.3) is 5.69 Å². The Morgan fingerprint density at radius 3 is 2.58 bits per heavy atom. The molecular weight excluding hydrogens is 358 g/mol. The first-order chi connectivity index (χ1) is 12.5. The lowest BCUT2D eigenvalue weighted by Crippen LogP contribution is -2.31. The van der Waals surface area contributed by atoms with Gasteiger partial charge in [0.25, 0.3) is 5.56 Å². The second-order valence-electron chi connectivity index (χ2n) is 5.27. The van der Waals surface area contributed by atoms with Gasteiger partial charge < -0.3 is 9.84 Å². The molecule has 2 N–H and O–H groups in total. The van der Waals surface area contributed by atoms with Crippen LogP contribution in [-0.4, -0.2) is 28.0 Å². The van der Waals surface area contributed by atoms with Crippen LogP contribution < -0.4 is 16.0 Å². The average molecular weight is 372 g/mol. The van der Waals surface area contributed by atoms with E-state index in [1.807, 2.05) is 0 Å². The second-order valence-corrected chi connectivity index (χ2v) is 5.70. The fourth-order valence-electron chi connectivity index (χ4n) is 2.32. The van der Waals surface area contributed by atoms with E-state index in [1.165, 1.54) is 13.3 Å². The van der Waals surface area contributed by atoms with Gasteiger partial charge in [-0.1, -0.05) is 17.7 Å². The molecule has 0 bridgehead atoms. The monoisotopic (exact) mass is 371 g/mol. The Kier molecular flexibility index (Phi) is 4.90. The summed E-state index contributed by atoms with van der Waals surface area (Å²) in [7, 11) is 1.52. The van der Waals surface area contributed by atoms with Crippen LogP contribution in [0.4, 0.5) is 5.69 Å². The van der Waals surface area contributed by atoms with Crippen LogP contribution in [0, 0.1) is 0 Å². The highest BCUT2D eigenvalue weighted by atomic mass is 35.5. The van der Waals surface area contributed by atoms with Gasteiger partial charge in [-0.25, -0.2) is 9.36 Å². The molecule has 0 atom stereocenters. The van der Waals surface area contributed by atoms with E-state index in [2.05, 4.69) is 9.98 Å². The van der Waals surface area contributed by atoms with Gasteiger partial charge in [0, 0.05) is 11.2 Å². The number of benzene rings is 2. The van der Waals surface area contributed by atoms with Crippen molar-refractivity contribution in [1.29, 1.82) is 0 Å². The van der Waals surface area contributed by atoms with E-state index in [0.717, 1.165) is 4.57 Å². The summed E-state index contributed by atoms with van der Waals surface area (Å²) in [6.45, 7) is 0. The number of halogens is 1. The summed E-state index contributed by atoms with van der Waals surface area (Å²) in [4.78, 5) is 30.5. The molecule has 0 aliphatic carbocycles. The van der Waals surface area contributed by atoms with Gasteiger partial charge in [-0.05, 0) is 42.5 Å². The molecule has 8 heteroatoms. The Morgan fingerprint density at radius 2 is 1.92 bits per heavy atom. The first-order valence-electron chi connectivity index (χ1n) is 7.52. The SMILES string of the molecule is COc1ccc(-n2c(O)c(C=Nc3cccc(Cl)c3)c(=O)[nH]c2=O)cc1. The van der Waals surface area contributed by atoms with E-state index in [-0.39, 0.29) is 5.56 Å². The fourth-order valence-corrected chi connectivity index (χ4v) is 2.51. The zero-order valence-corrected chi connectivity index (χ0v) is 14.4. The third-order valence-electron chi connectivity index (χ3n) is 3.60. The topological polar surface area (TPSA) is 96.7 Å². The molecule has 0 aliphatic rings. The van der Waals surface area contributed by atoms with Crippen LogP contribution in [0.5, 0.6) is 11.6 Å². The lowest BCUT2D eigenvalue weighted by molar-refractivity contribution is 0.414. The highest BCUT2D eigenvalue weighted by molar-refractivity contribution is 6.30. The summed E-state index contributed by atoms with van der Waals surface area (Å²) in [5.74, 6) is 0.0724. The molecule has 0 spiro atoms. The number of nitrogens with one attached hydrogen (secondary N) is 1. The fraction of sp³-hybridized carbons (Fsp3) is 0.0556. The molecule has 0 amide bonds. The summed E-state index contributed by atoms with van der Waals surface area (Å²) in [6.07, 6.45) is 1.18. The van der Waals surface area contributed by atoms with Crippen LogP contribution in [-0.2, 0) is 0 Å². The van der Waals surface area contributed by atoms with Crippen LogP contribution >= 0.6 is 11.6 Å². The van der Waals surface area contributed by atoms with E-state index in [4.69, 9.17) is 16.3 Å². The number of methoxy groups -OCH3 is 1. The number of aliphatic imine (C=N–C) groups is 1. The summed E-state index contributed by atoms with van der Waals surface area (Å²) < 4.78 is 6.04. The molecule has 2 aromatic carbocycles. The molecule has 1 heterocycles. The molecule has 0 radical (unpaired) electrons. The molecular formula is C18H14ClN3O4. The third-order valence-corrected chi connectivity index (χ3v) is 3.84. The van der Waals surface area contributed by atoms with Crippen LogP contribution in [0.3, 0.4) is 0 Å². The van der Waals surface area contributed by atoms with Crippen molar-refractivity contribution in [2.24, 2.45) is 4.99 Å². The van der Waals surface area contributed by atoms with Crippen LogP contribution in [0.1, 0.15) is 5.56 Å². The van der Waals surface area contributed by atoms with Gasteiger partial charge >= 0.3 is 5.69 Å². The highest BCUT2D eigenvalue weighted by Gasteiger charge is 2.14. The number of aromatic amines is 1. The smallest absolute Gasteiger partial charge is 0.335 e. The lowest BCUT2D eigenvalue weighted by Gasteiger charge is -2.10. The number of ether oxygens (including phenoxy) is 1. The number of aromatic nitrogens is 2. The quantitative estimate of drug-likeness (QED) is 0.689. The molecule has 0 saturated heterocycles. The van der Waals surface area contributed by atoms with Crippen LogP contribution in [0.15, 0.2) is 63.1 Å². The van der Waals surface area contributed by atoms with Gasteiger partial charge in [0.05, 0.1) is 18.5 Å². The average Bonchev–Trinajstić information content (AvgIpc) is 2.62. The Morgan fingerprint density at radius 1 is 1.19 bits per heavy atom. The zero-order chi connectivity index (χ0) is 18.7. The van der Waals surface area contributed by atoms with Gasteiger partial charge in [0.1, 0.15) is 11.3 Å². The Balaban J connectivity index is 2.09. The number of hydrogen-bond acceptors (Lipinski definition) is 5. The largest absolute Gasteiger partial charge is 0.497 e. The van der Waals surface area contributed by atoms with E-state index in [1.54, 1.807) is 48.5 Å². The van der Waals surface area contributed by atoms with Crippen molar-refractivity contribution in [3.05, 3.63) is 80.0 Å². The number of H-pyrrole nitrogens is 1.